The van der Waals surface area contributed by atoms with E-state index >= 15 is 0 Å². The fraction of sp³-hybridized carbons (Fsp3) is 0.391. The lowest BCUT2D eigenvalue weighted by molar-refractivity contribution is -0.140. The van der Waals surface area contributed by atoms with Crippen LogP contribution in [0.3, 0.4) is 0 Å². The average Bonchev–Trinajstić information content (AvgIpc) is 2.76. The standard InChI is InChI=1S/C23H29ClN2O4/c1-5-25-23(28)16(2)26(15-18-6-10-19(24)11-7-18)22(27)13-9-17-8-12-20(29-3)21(14-17)30-4/h6-8,10-12,14,16H,5,9,13,15H2,1-4H3,(H,25,28). The first kappa shape index (κ1) is 23.5. The third kappa shape index (κ3) is 6.39. The van der Waals surface area contributed by atoms with Gasteiger partial charge in [-0.3, -0.25) is 9.59 Å². The summed E-state index contributed by atoms with van der Waals surface area (Å²) in [6.45, 7) is 4.44. The van der Waals surface area contributed by atoms with Crippen LogP contribution in [0.15, 0.2) is 42.5 Å². The number of amides is 2. The summed E-state index contributed by atoms with van der Waals surface area (Å²) in [5.74, 6) is 0.988. The molecule has 0 aliphatic rings. The number of halogens is 1. The Kier molecular flexibility index (Phi) is 8.99. The highest BCUT2D eigenvalue weighted by Gasteiger charge is 2.25. The minimum absolute atomic E-state index is 0.0986. The summed E-state index contributed by atoms with van der Waals surface area (Å²) >= 11 is 5.97. The van der Waals surface area contributed by atoms with Crippen LogP contribution in [-0.2, 0) is 22.6 Å². The van der Waals surface area contributed by atoms with E-state index in [-0.39, 0.29) is 18.2 Å². The molecule has 2 rings (SSSR count). The molecular formula is C23H29ClN2O4. The van der Waals surface area contributed by atoms with Crippen LogP contribution in [0.4, 0.5) is 0 Å². The molecule has 2 aromatic carbocycles. The van der Waals surface area contributed by atoms with Crippen LogP contribution >= 0.6 is 11.6 Å². The van der Waals surface area contributed by atoms with E-state index in [1.54, 1.807) is 38.2 Å². The molecule has 0 bridgehead atoms. The van der Waals surface area contributed by atoms with Crippen molar-refractivity contribution in [2.24, 2.45) is 0 Å². The fourth-order valence-electron chi connectivity index (χ4n) is 3.12. The van der Waals surface area contributed by atoms with E-state index in [0.29, 0.717) is 36.0 Å². The Labute approximate surface area is 183 Å². The Morgan fingerprint density at radius 3 is 2.27 bits per heavy atom. The van der Waals surface area contributed by atoms with E-state index in [1.807, 2.05) is 37.3 Å². The lowest BCUT2D eigenvalue weighted by Gasteiger charge is -2.29. The third-order valence-electron chi connectivity index (χ3n) is 4.86. The molecule has 0 radical (unpaired) electrons. The summed E-state index contributed by atoms with van der Waals surface area (Å²) in [4.78, 5) is 27.1. The van der Waals surface area contributed by atoms with Gasteiger partial charge in [0.1, 0.15) is 6.04 Å². The van der Waals surface area contributed by atoms with Crippen LogP contribution in [0.2, 0.25) is 5.02 Å². The molecule has 6 nitrogen and oxygen atoms in total. The van der Waals surface area contributed by atoms with E-state index in [2.05, 4.69) is 5.32 Å². The maximum atomic E-state index is 13.1. The summed E-state index contributed by atoms with van der Waals surface area (Å²) in [6, 6.07) is 12.3. The lowest BCUT2D eigenvalue weighted by atomic mass is 10.1. The fourth-order valence-corrected chi connectivity index (χ4v) is 3.25. The SMILES string of the molecule is CCNC(=O)C(C)N(Cc1ccc(Cl)cc1)C(=O)CCc1ccc(OC)c(OC)c1. The van der Waals surface area contributed by atoms with Crippen molar-refractivity contribution in [3.63, 3.8) is 0 Å². The Balaban J connectivity index is 2.15. The van der Waals surface area contributed by atoms with Crippen molar-refractivity contribution in [3.8, 4) is 11.5 Å². The zero-order valence-corrected chi connectivity index (χ0v) is 18.7. The number of rotatable bonds is 10. The number of methoxy groups -OCH3 is 2. The molecule has 0 saturated carbocycles. The highest BCUT2D eigenvalue weighted by molar-refractivity contribution is 6.30. The Morgan fingerprint density at radius 2 is 1.67 bits per heavy atom. The van der Waals surface area contributed by atoms with Gasteiger partial charge in [0.05, 0.1) is 14.2 Å². The van der Waals surface area contributed by atoms with E-state index in [9.17, 15) is 9.59 Å². The summed E-state index contributed by atoms with van der Waals surface area (Å²) in [5, 5.41) is 3.42. The number of nitrogens with zero attached hydrogens (tertiary/aromatic N) is 1. The Morgan fingerprint density at radius 1 is 1.03 bits per heavy atom. The number of carbonyl (C=O) groups is 2. The van der Waals surface area contributed by atoms with Gasteiger partial charge in [-0.15, -0.1) is 0 Å². The Bertz CT molecular complexity index is 855. The molecule has 162 valence electrons. The van der Waals surface area contributed by atoms with Crippen LogP contribution in [0.1, 0.15) is 31.4 Å². The quantitative estimate of drug-likeness (QED) is 0.619. The van der Waals surface area contributed by atoms with Crippen LogP contribution in [0.5, 0.6) is 11.5 Å². The molecule has 0 heterocycles. The lowest BCUT2D eigenvalue weighted by Crippen LogP contribution is -2.47. The number of likely N-dealkylation sites (N-methyl/N-ethyl adjacent to an activating group) is 1. The molecule has 0 fully saturated rings. The average molecular weight is 433 g/mol. The molecule has 0 aliphatic heterocycles. The predicted octanol–water partition coefficient (Wildman–Crippen LogP) is 3.84. The molecule has 0 aromatic heterocycles. The van der Waals surface area contributed by atoms with E-state index in [0.717, 1.165) is 11.1 Å². The van der Waals surface area contributed by atoms with Crippen LogP contribution in [0, 0.1) is 0 Å². The highest BCUT2D eigenvalue weighted by Crippen LogP contribution is 2.28. The van der Waals surface area contributed by atoms with Gasteiger partial charge in [-0.05, 0) is 55.7 Å². The number of nitrogens with one attached hydrogen (secondary N) is 1. The van der Waals surface area contributed by atoms with E-state index in [1.165, 1.54) is 0 Å². The third-order valence-corrected chi connectivity index (χ3v) is 5.11. The van der Waals surface area contributed by atoms with Gasteiger partial charge in [0.15, 0.2) is 11.5 Å². The van der Waals surface area contributed by atoms with Crippen molar-refractivity contribution < 1.29 is 19.1 Å². The van der Waals surface area contributed by atoms with Crippen LogP contribution < -0.4 is 14.8 Å². The monoisotopic (exact) mass is 432 g/mol. The van der Waals surface area contributed by atoms with Crippen molar-refractivity contribution in [3.05, 3.63) is 58.6 Å². The molecular weight excluding hydrogens is 404 g/mol. The maximum absolute atomic E-state index is 13.1. The minimum atomic E-state index is -0.585. The number of hydrogen-bond donors (Lipinski definition) is 1. The first-order valence-corrected chi connectivity index (χ1v) is 10.3. The van der Waals surface area contributed by atoms with E-state index in [4.69, 9.17) is 21.1 Å². The summed E-state index contributed by atoms with van der Waals surface area (Å²) in [5.41, 5.74) is 1.87. The predicted molar refractivity (Wildman–Crippen MR) is 118 cm³/mol. The van der Waals surface area contributed by atoms with Gasteiger partial charge in [0.2, 0.25) is 11.8 Å². The van der Waals surface area contributed by atoms with Gasteiger partial charge < -0.3 is 19.7 Å². The number of hydrogen-bond acceptors (Lipinski definition) is 4. The summed E-state index contributed by atoms with van der Waals surface area (Å²) in [7, 11) is 3.16. The highest BCUT2D eigenvalue weighted by atomic mass is 35.5. The molecule has 2 aromatic rings. The summed E-state index contributed by atoms with van der Waals surface area (Å²) < 4.78 is 10.6. The largest absolute Gasteiger partial charge is 0.493 e. The zero-order valence-electron chi connectivity index (χ0n) is 17.9. The summed E-state index contributed by atoms with van der Waals surface area (Å²) in [6.07, 6.45) is 0.797. The molecule has 30 heavy (non-hydrogen) atoms. The van der Waals surface area contributed by atoms with Gasteiger partial charge in [0.25, 0.3) is 0 Å². The second-order valence-corrected chi connectivity index (χ2v) is 7.34. The molecule has 1 N–H and O–H groups in total. The van der Waals surface area contributed by atoms with Gasteiger partial charge in [-0.1, -0.05) is 29.8 Å². The Hall–Kier alpha value is -2.73. The van der Waals surface area contributed by atoms with Crippen LogP contribution in [-0.4, -0.2) is 43.5 Å². The number of aryl methyl sites for hydroxylation is 1. The van der Waals surface area contributed by atoms with Crippen molar-refractivity contribution in [2.45, 2.75) is 39.3 Å². The smallest absolute Gasteiger partial charge is 0.242 e. The second kappa shape index (κ2) is 11.5. The van der Waals surface area contributed by atoms with Gasteiger partial charge in [-0.2, -0.15) is 0 Å². The molecule has 0 aliphatic carbocycles. The van der Waals surface area contributed by atoms with Gasteiger partial charge in [-0.25, -0.2) is 0 Å². The number of benzene rings is 2. The minimum Gasteiger partial charge on any atom is -0.493 e. The van der Waals surface area contributed by atoms with Crippen molar-refractivity contribution >= 4 is 23.4 Å². The van der Waals surface area contributed by atoms with Crippen molar-refractivity contribution in [2.75, 3.05) is 20.8 Å². The topological polar surface area (TPSA) is 67.9 Å². The molecule has 1 atom stereocenters. The molecule has 2 amide bonds. The van der Waals surface area contributed by atoms with Gasteiger partial charge in [0, 0.05) is 24.5 Å². The molecule has 1 unspecified atom stereocenters. The molecule has 0 spiro atoms. The first-order valence-electron chi connectivity index (χ1n) is 9.92. The molecule has 7 heteroatoms. The number of ether oxygens (including phenoxy) is 2. The van der Waals surface area contributed by atoms with E-state index < -0.39 is 6.04 Å². The molecule has 0 saturated heterocycles. The number of carbonyl (C=O) groups excluding carboxylic acids is 2. The van der Waals surface area contributed by atoms with Gasteiger partial charge >= 0.3 is 0 Å². The van der Waals surface area contributed by atoms with Crippen LogP contribution in [0.25, 0.3) is 0 Å². The first-order chi connectivity index (χ1) is 14.4. The normalized spacial score (nSPS) is 11.5. The second-order valence-electron chi connectivity index (χ2n) is 6.91. The van der Waals surface area contributed by atoms with Crippen molar-refractivity contribution in [1.29, 1.82) is 0 Å². The zero-order chi connectivity index (χ0) is 22.1. The van der Waals surface area contributed by atoms with Crippen molar-refractivity contribution in [1.82, 2.24) is 10.2 Å². The maximum Gasteiger partial charge on any atom is 0.242 e.